The van der Waals surface area contributed by atoms with Crippen molar-refractivity contribution in [1.82, 2.24) is 10.3 Å². The van der Waals surface area contributed by atoms with Crippen molar-refractivity contribution in [3.63, 3.8) is 0 Å². The molecule has 1 aromatic rings. The summed E-state index contributed by atoms with van der Waals surface area (Å²) in [6.07, 6.45) is 6.18. The van der Waals surface area contributed by atoms with Gasteiger partial charge in [-0.2, -0.15) is 0 Å². The number of anilines is 1. The molecule has 3 heterocycles. The summed E-state index contributed by atoms with van der Waals surface area (Å²) in [5, 5.41) is 3.68. The van der Waals surface area contributed by atoms with Crippen molar-refractivity contribution in [1.29, 1.82) is 0 Å². The summed E-state index contributed by atoms with van der Waals surface area (Å²) in [6.45, 7) is 6.76. The molecule has 3 N–H and O–H groups in total. The largest absolute Gasteiger partial charge is 0.375 e. The van der Waals surface area contributed by atoms with Gasteiger partial charge in [0, 0.05) is 43.4 Å². The lowest BCUT2D eigenvalue weighted by Gasteiger charge is -2.34. The molecule has 2 fully saturated rings. The van der Waals surface area contributed by atoms with Gasteiger partial charge in [0.2, 0.25) is 5.91 Å². The molecule has 0 unspecified atom stereocenters. The zero-order valence-corrected chi connectivity index (χ0v) is 15.3. The van der Waals surface area contributed by atoms with E-state index in [1.54, 1.807) is 0 Å². The van der Waals surface area contributed by atoms with Crippen LogP contribution in [0.5, 0.6) is 0 Å². The molecule has 2 aliphatic rings. The van der Waals surface area contributed by atoms with Gasteiger partial charge in [0.1, 0.15) is 5.82 Å². The lowest BCUT2D eigenvalue weighted by atomic mass is 9.96. The van der Waals surface area contributed by atoms with Gasteiger partial charge in [0.05, 0.1) is 12.2 Å². The van der Waals surface area contributed by atoms with Crippen LogP contribution in [0, 0.1) is 5.92 Å². The number of carbonyl (C=O) groups excluding carboxylic acids is 1. The maximum Gasteiger partial charge on any atom is 0.220 e. The number of aromatic nitrogens is 1. The predicted octanol–water partition coefficient (Wildman–Crippen LogP) is 1.83. The summed E-state index contributed by atoms with van der Waals surface area (Å²) in [7, 11) is 0. The highest BCUT2D eigenvalue weighted by molar-refractivity contribution is 5.77. The second-order valence-corrected chi connectivity index (χ2v) is 7.46. The molecule has 6 nitrogen and oxygen atoms in total. The zero-order valence-electron chi connectivity index (χ0n) is 15.3. The molecular weight excluding hydrogens is 316 g/mol. The van der Waals surface area contributed by atoms with Crippen molar-refractivity contribution >= 4 is 11.7 Å². The Kier molecular flexibility index (Phi) is 5.91. The Morgan fingerprint density at radius 1 is 1.32 bits per heavy atom. The first-order valence-corrected chi connectivity index (χ1v) is 9.40. The van der Waals surface area contributed by atoms with Crippen LogP contribution in [-0.4, -0.2) is 42.2 Å². The van der Waals surface area contributed by atoms with Gasteiger partial charge in [-0.1, -0.05) is 6.07 Å². The minimum Gasteiger partial charge on any atom is -0.375 e. The van der Waals surface area contributed by atoms with E-state index in [1.165, 1.54) is 5.56 Å². The van der Waals surface area contributed by atoms with Crippen molar-refractivity contribution in [2.75, 3.05) is 18.0 Å². The van der Waals surface area contributed by atoms with Crippen LogP contribution in [-0.2, 0) is 16.1 Å². The molecule has 0 saturated carbocycles. The Morgan fingerprint density at radius 3 is 2.64 bits per heavy atom. The van der Waals surface area contributed by atoms with Crippen LogP contribution in [0.3, 0.4) is 0 Å². The second-order valence-electron chi connectivity index (χ2n) is 7.46. The molecule has 0 aliphatic carbocycles. The number of ether oxygens (including phenoxy) is 1. The number of primary amides is 1. The number of nitrogens with two attached hydrogens (primary N) is 1. The van der Waals surface area contributed by atoms with Crippen LogP contribution in [0.2, 0.25) is 0 Å². The lowest BCUT2D eigenvalue weighted by molar-refractivity contribution is -0.122. The molecule has 0 aromatic carbocycles. The molecule has 1 aromatic heterocycles. The van der Waals surface area contributed by atoms with Crippen LogP contribution in [0.4, 0.5) is 5.82 Å². The molecule has 2 aliphatic heterocycles. The second kappa shape index (κ2) is 8.15. The summed E-state index contributed by atoms with van der Waals surface area (Å²) < 4.78 is 5.82. The fraction of sp³-hybridized carbons (Fsp3) is 0.684. The molecular formula is C19H30N4O2. The third kappa shape index (κ3) is 4.70. The summed E-state index contributed by atoms with van der Waals surface area (Å²) >= 11 is 0. The number of amides is 1. The average Bonchev–Trinajstić information content (AvgIpc) is 2.59. The fourth-order valence-electron chi connectivity index (χ4n) is 4.06. The predicted molar refractivity (Wildman–Crippen MR) is 98.2 cm³/mol. The summed E-state index contributed by atoms with van der Waals surface area (Å²) in [5.74, 6) is 0.864. The van der Waals surface area contributed by atoms with E-state index < -0.39 is 0 Å². The van der Waals surface area contributed by atoms with Crippen LogP contribution < -0.4 is 16.0 Å². The molecule has 0 radical (unpaired) electrons. The van der Waals surface area contributed by atoms with E-state index >= 15 is 0 Å². The number of hydrogen-bond acceptors (Lipinski definition) is 5. The van der Waals surface area contributed by atoms with Gasteiger partial charge in [0.15, 0.2) is 0 Å². The number of piperidine rings is 1. The van der Waals surface area contributed by atoms with Crippen LogP contribution >= 0.6 is 0 Å². The van der Waals surface area contributed by atoms with E-state index in [4.69, 9.17) is 10.5 Å². The number of hydrogen-bond donors (Lipinski definition) is 2. The maximum absolute atomic E-state index is 11.4. The van der Waals surface area contributed by atoms with Crippen molar-refractivity contribution in [3.8, 4) is 0 Å². The van der Waals surface area contributed by atoms with Gasteiger partial charge in [-0.25, -0.2) is 4.98 Å². The molecule has 0 spiro atoms. The molecule has 2 atom stereocenters. The highest BCUT2D eigenvalue weighted by Gasteiger charge is 2.26. The number of pyridine rings is 1. The molecule has 3 rings (SSSR count). The minimum absolute atomic E-state index is 0.00625. The smallest absolute Gasteiger partial charge is 0.220 e. The Hall–Kier alpha value is -1.66. The van der Waals surface area contributed by atoms with E-state index in [0.717, 1.165) is 51.1 Å². The summed E-state index contributed by atoms with van der Waals surface area (Å²) in [6, 6.07) is 4.61. The average molecular weight is 346 g/mol. The number of carbonyl (C=O) groups is 1. The minimum atomic E-state index is -0.176. The number of rotatable bonds is 5. The van der Waals surface area contributed by atoms with Crippen molar-refractivity contribution in [2.45, 2.75) is 64.3 Å². The number of nitrogens with zero attached hydrogens (tertiary/aromatic N) is 2. The third-order valence-electron chi connectivity index (χ3n) is 5.34. The Labute approximate surface area is 150 Å². The first kappa shape index (κ1) is 18.1. The molecule has 25 heavy (non-hydrogen) atoms. The third-order valence-corrected chi connectivity index (χ3v) is 5.34. The Balaban J connectivity index is 1.60. The number of nitrogens with one attached hydrogen (secondary N) is 1. The molecule has 0 bridgehead atoms. The Bertz CT molecular complexity index is 577. The first-order chi connectivity index (χ1) is 12.0. The topological polar surface area (TPSA) is 80.5 Å². The van der Waals surface area contributed by atoms with Crippen LogP contribution in [0.15, 0.2) is 18.3 Å². The Morgan fingerprint density at radius 2 is 2.00 bits per heavy atom. The van der Waals surface area contributed by atoms with E-state index in [9.17, 15) is 4.79 Å². The van der Waals surface area contributed by atoms with Gasteiger partial charge in [-0.05, 0) is 45.6 Å². The summed E-state index contributed by atoms with van der Waals surface area (Å²) in [5.41, 5.74) is 6.66. The maximum atomic E-state index is 11.4. The van der Waals surface area contributed by atoms with Crippen LogP contribution in [0.1, 0.15) is 45.1 Å². The SMILES string of the molecule is C[C@@H]1CC(NCc2cccnc2N2CCC(C(N)=O)CC2)C[C@@H](C)O1. The van der Waals surface area contributed by atoms with Crippen LogP contribution in [0.25, 0.3) is 0 Å². The molecule has 6 heteroatoms. The quantitative estimate of drug-likeness (QED) is 0.850. The van der Waals surface area contributed by atoms with E-state index in [2.05, 4.69) is 35.1 Å². The van der Waals surface area contributed by atoms with Crippen molar-refractivity contribution in [2.24, 2.45) is 11.7 Å². The molecule has 2 saturated heterocycles. The van der Waals surface area contributed by atoms with Gasteiger partial charge in [0.25, 0.3) is 0 Å². The zero-order chi connectivity index (χ0) is 17.8. The van der Waals surface area contributed by atoms with Gasteiger partial charge < -0.3 is 20.7 Å². The monoisotopic (exact) mass is 346 g/mol. The van der Waals surface area contributed by atoms with Gasteiger partial charge in [-0.15, -0.1) is 0 Å². The highest BCUT2D eigenvalue weighted by Crippen LogP contribution is 2.25. The normalized spacial score (nSPS) is 28.1. The molecule has 138 valence electrons. The van der Waals surface area contributed by atoms with Crippen molar-refractivity contribution in [3.05, 3.63) is 23.9 Å². The summed E-state index contributed by atoms with van der Waals surface area (Å²) in [4.78, 5) is 18.3. The van der Waals surface area contributed by atoms with E-state index in [1.807, 2.05) is 12.3 Å². The van der Waals surface area contributed by atoms with E-state index in [-0.39, 0.29) is 11.8 Å². The van der Waals surface area contributed by atoms with Gasteiger partial charge in [-0.3, -0.25) is 4.79 Å². The highest BCUT2D eigenvalue weighted by atomic mass is 16.5. The van der Waals surface area contributed by atoms with Gasteiger partial charge >= 0.3 is 0 Å². The van der Waals surface area contributed by atoms with Crippen molar-refractivity contribution < 1.29 is 9.53 Å². The first-order valence-electron chi connectivity index (χ1n) is 9.40. The molecule has 1 amide bonds. The fourth-order valence-corrected chi connectivity index (χ4v) is 4.06. The standard InChI is InChI=1S/C19H30N4O2/c1-13-10-17(11-14(2)25-13)22-12-16-4-3-7-21-19(16)23-8-5-15(6-9-23)18(20)24/h3-4,7,13-15,17,22H,5-6,8-12H2,1-2H3,(H2,20,24)/t13-,14-/m1/s1. The lowest BCUT2D eigenvalue weighted by Crippen LogP contribution is -2.42. The van der Waals surface area contributed by atoms with E-state index in [0.29, 0.717) is 18.2 Å².